The number of piperidine rings is 1. The Balaban J connectivity index is 0.00000133. The number of nitrogens with one attached hydrogen (secondary N) is 1. The Kier molecular flexibility index (Phi) is 5.19. The molecule has 5 nitrogen and oxygen atoms in total. The van der Waals surface area contributed by atoms with Crippen molar-refractivity contribution >= 4 is 12.4 Å². The first-order chi connectivity index (χ1) is 8.85. The maximum atomic E-state index is 5.31. The largest absolute Gasteiger partial charge is 0.338 e. The van der Waals surface area contributed by atoms with Crippen molar-refractivity contribution in [2.24, 2.45) is 5.92 Å². The Morgan fingerprint density at radius 1 is 1.42 bits per heavy atom. The van der Waals surface area contributed by atoms with Crippen molar-refractivity contribution in [1.82, 2.24) is 20.4 Å². The molecule has 19 heavy (non-hydrogen) atoms. The second kappa shape index (κ2) is 6.68. The third kappa shape index (κ3) is 3.46. The summed E-state index contributed by atoms with van der Waals surface area (Å²) in [5.74, 6) is 2.45. The molecule has 1 aromatic rings. The molecule has 3 rings (SSSR count). The molecule has 0 aliphatic carbocycles. The van der Waals surface area contributed by atoms with Gasteiger partial charge in [0.1, 0.15) is 0 Å². The Labute approximate surface area is 120 Å². The molecular formula is C13H23ClN4O. The minimum atomic E-state index is 0. The molecule has 3 heterocycles. The van der Waals surface area contributed by atoms with E-state index in [0.29, 0.717) is 0 Å². The van der Waals surface area contributed by atoms with Crippen molar-refractivity contribution in [2.75, 3.05) is 19.6 Å². The van der Waals surface area contributed by atoms with Crippen LogP contribution in [0.15, 0.2) is 4.52 Å². The minimum absolute atomic E-state index is 0. The molecule has 0 saturated carbocycles. The van der Waals surface area contributed by atoms with Gasteiger partial charge in [0.25, 0.3) is 0 Å². The number of rotatable bonds is 4. The fourth-order valence-corrected chi connectivity index (χ4v) is 3.14. The average molecular weight is 287 g/mol. The van der Waals surface area contributed by atoms with Crippen molar-refractivity contribution in [3.05, 3.63) is 11.7 Å². The van der Waals surface area contributed by atoms with Crippen LogP contribution < -0.4 is 5.32 Å². The van der Waals surface area contributed by atoms with Gasteiger partial charge in [-0.3, -0.25) is 4.90 Å². The van der Waals surface area contributed by atoms with Gasteiger partial charge >= 0.3 is 0 Å². The van der Waals surface area contributed by atoms with Crippen LogP contribution in [0.5, 0.6) is 0 Å². The molecule has 2 atom stereocenters. The van der Waals surface area contributed by atoms with Gasteiger partial charge < -0.3 is 9.84 Å². The molecular weight excluding hydrogens is 264 g/mol. The number of aryl methyl sites for hydroxylation is 1. The van der Waals surface area contributed by atoms with E-state index in [1.165, 1.54) is 25.9 Å². The fraction of sp³-hybridized carbons (Fsp3) is 0.846. The SMILES string of the molecule is CCCc1noc(CN2CCC3NCCC3C2)n1.Cl. The Bertz CT molecular complexity index is 398. The lowest BCUT2D eigenvalue weighted by atomic mass is 9.93. The summed E-state index contributed by atoms with van der Waals surface area (Å²) < 4.78 is 5.31. The molecule has 108 valence electrons. The molecule has 0 bridgehead atoms. The van der Waals surface area contributed by atoms with Crippen LogP contribution in [0.3, 0.4) is 0 Å². The van der Waals surface area contributed by atoms with Crippen LogP contribution in [0.1, 0.15) is 37.9 Å². The van der Waals surface area contributed by atoms with Crippen LogP contribution in [0.2, 0.25) is 0 Å². The van der Waals surface area contributed by atoms with E-state index in [1.807, 2.05) is 0 Å². The van der Waals surface area contributed by atoms with Crippen molar-refractivity contribution in [3.63, 3.8) is 0 Å². The molecule has 2 unspecified atom stereocenters. The van der Waals surface area contributed by atoms with E-state index in [2.05, 4.69) is 27.3 Å². The smallest absolute Gasteiger partial charge is 0.240 e. The number of likely N-dealkylation sites (tertiary alicyclic amines) is 1. The molecule has 1 N–H and O–H groups in total. The summed E-state index contributed by atoms with van der Waals surface area (Å²) >= 11 is 0. The molecule has 2 fully saturated rings. The second-order valence-electron chi connectivity index (χ2n) is 5.49. The van der Waals surface area contributed by atoms with E-state index in [9.17, 15) is 0 Å². The number of fused-ring (bicyclic) bond motifs is 1. The standard InChI is InChI=1S/C13H22N4O.ClH/c1-2-3-12-15-13(18-16-12)9-17-7-5-11-10(8-17)4-6-14-11;/h10-11,14H,2-9H2,1H3;1H. The first-order valence-electron chi connectivity index (χ1n) is 7.12. The maximum absolute atomic E-state index is 5.31. The molecule has 0 spiro atoms. The van der Waals surface area contributed by atoms with E-state index in [0.717, 1.165) is 49.6 Å². The van der Waals surface area contributed by atoms with Gasteiger partial charge in [-0.25, -0.2) is 0 Å². The maximum Gasteiger partial charge on any atom is 0.240 e. The summed E-state index contributed by atoms with van der Waals surface area (Å²) in [6.07, 6.45) is 4.54. The van der Waals surface area contributed by atoms with E-state index in [1.54, 1.807) is 0 Å². The van der Waals surface area contributed by atoms with Crippen molar-refractivity contribution in [2.45, 2.75) is 45.2 Å². The monoisotopic (exact) mass is 286 g/mol. The Morgan fingerprint density at radius 3 is 3.16 bits per heavy atom. The van der Waals surface area contributed by atoms with Gasteiger partial charge in [-0.2, -0.15) is 4.98 Å². The number of hydrogen-bond donors (Lipinski definition) is 1. The van der Waals surface area contributed by atoms with Crippen LogP contribution in [-0.4, -0.2) is 40.7 Å². The van der Waals surface area contributed by atoms with Gasteiger partial charge in [0.15, 0.2) is 5.82 Å². The van der Waals surface area contributed by atoms with E-state index in [-0.39, 0.29) is 12.4 Å². The van der Waals surface area contributed by atoms with Crippen LogP contribution in [0, 0.1) is 5.92 Å². The zero-order valence-corrected chi connectivity index (χ0v) is 12.3. The number of aromatic nitrogens is 2. The van der Waals surface area contributed by atoms with Crippen LogP contribution in [0.4, 0.5) is 0 Å². The molecule has 2 saturated heterocycles. The third-order valence-corrected chi connectivity index (χ3v) is 4.08. The summed E-state index contributed by atoms with van der Waals surface area (Å²) in [6, 6.07) is 0.750. The van der Waals surface area contributed by atoms with Gasteiger partial charge in [-0.15, -0.1) is 12.4 Å². The zero-order chi connectivity index (χ0) is 12.4. The first kappa shape index (κ1) is 14.8. The third-order valence-electron chi connectivity index (χ3n) is 4.08. The summed E-state index contributed by atoms with van der Waals surface area (Å²) in [5.41, 5.74) is 0. The zero-order valence-electron chi connectivity index (χ0n) is 11.5. The molecule has 0 radical (unpaired) electrons. The molecule has 2 aliphatic rings. The predicted molar refractivity (Wildman–Crippen MR) is 75.3 cm³/mol. The van der Waals surface area contributed by atoms with Gasteiger partial charge in [0.05, 0.1) is 6.54 Å². The highest BCUT2D eigenvalue weighted by molar-refractivity contribution is 5.85. The van der Waals surface area contributed by atoms with E-state index in [4.69, 9.17) is 4.52 Å². The highest BCUT2D eigenvalue weighted by Gasteiger charge is 2.32. The summed E-state index contributed by atoms with van der Waals surface area (Å²) in [5, 5.41) is 7.60. The van der Waals surface area contributed by atoms with E-state index >= 15 is 0 Å². The molecule has 6 heteroatoms. The Morgan fingerprint density at radius 2 is 2.32 bits per heavy atom. The van der Waals surface area contributed by atoms with Crippen molar-refractivity contribution in [3.8, 4) is 0 Å². The topological polar surface area (TPSA) is 54.2 Å². The molecule has 1 aromatic heterocycles. The lowest BCUT2D eigenvalue weighted by Crippen LogP contribution is -2.43. The summed E-state index contributed by atoms with van der Waals surface area (Å²) in [4.78, 5) is 6.90. The van der Waals surface area contributed by atoms with Gasteiger partial charge in [0.2, 0.25) is 5.89 Å². The lowest BCUT2D eigenvalue weighted by molar-refractivity contribution is 0.140. The predicted octanol–water partition coefficient (Wildman–Crippen LogP) is 1.63. The number of nitrogens with zero attached hydrogens (tertiary/aromatic N) is 3. The van der Waals surface area contributed by atoms with Crippen LogP contribution in [0.25, 0.3) is 0 Å². The first-order valence-corrected chi connectivity index (χ1v) is 7.12. The summed E-state index contributed by atoms with van der Waals surface area (Å²) in [7, 11) is 0. The van der Waals surface area contributed by atoms with Crippen LogP contribution >= 0.6 is 12.4 Å². The highest BCUT2D eigenvalue weighted by atomic mass is 35.5. The fourth-order valence-electron chi connectivity index (χ4n) is 3.14. The van der Waals surface area contributed by atoms with Crippen molar-refractivity contribution in [1.29, 1.82) is 0 Å². The molecule has 2 aliphatic heterocycles. The van der Waals surface area contributed by atoms with E-state index < -0.39 is 0 Å². The van der Waals surface area contributed by atoms with Gasteiger partial charge in [-0.1, -0.05) is 12.1 Å². The van der Waals surface area contributed by atoms with Gasteiger partial charge in [0, 0.05) is 25.6 Å². The average Bonchev–Trinajstić information content (AvgIpc) is 2.98. The van der Waals surface area contributed by atoms with Crippen LogP contribution in [-0.2, 0) is 13.0 Å². The normalized spacial score (nSPS) is 27.0. The Hall–Kier alpha value is -0.650. The number of hydrogen-bond acceptors (Lipinski definition) is 5. The second-order valence-corrected chi connectivity index (χ2v) is 5.49. The molecule has 0 aromatic carbocycles. The van der Waals surface area contributed by atoms with Crippen molar-refractivity contribution < 1.29 is 4.52 Å². The highest BCUT2D eigenvalue weighted by Crippen LogP contribution is 2.25. The quantitative estimate of drug-likeness (QED) is 0.912. The van der Waals surface area contributed by atoms with Gasteiger partial charge in [-0.05, 0) is 31.7 Å². The molecule has 0 amide bonds. The summed E-state index contributed by atoms with van der Waals surface area (Å²) in [6.45, 7) is 6.45. The lowest BCUT2D eigenvalue weighted by Gasteiger charge is -2.33. The minimum Gasteiger partial charge on any atom is -0.338 e. The number of halogens is 1.